The van der Waals surface area contributed by atoms with Crippen LogP contribution in [0.15, 0.2) is 46.7 Å². The Labute approximate surface area is 81.3 Å². The minimum absolute atomic E-state index is 0.887. The van der Waals surface area contributed by atoms with Crippen molar-refractivity contribution in [3.63, 3.8) is 0 Å². The molecular weight excluding hydrogens is 176 g/mol. The number of rotatable bonds is 0. The van der Waals surface area contributed by atoms with Crippen LogP contribution in [0.4, 0.5) is 5.69 Å². The van der Waals surface area contributed by atoms with Gasteiger partial charge < -0.3 is 0 Å². The van der Waals surface area contributed by atoms with Crippen LogP contribution in [0.1, 0.15) is 5.56 Å². The highest BCUT2D eigenvalue weighted by Crippen LogP contribution is 2.23. The first-order chi connectivity index (χ1) is 6.95. The predicted molar refractivity (Wildman–Crippen MR) is 55.2 cm³/mol. The van der Waals surface area contributed by atoms with E-state index in [0.717, 1.165) is 17.1 Å². The molecule has 0 unspecified atom stereocenters. The highest BCUT2D eigenvalue weighted by atomic mass is 15.5. The predicted octanol–water partition coefficient (Wildman–Crippen LogP) is 1.40. The number of nitrogens with zero attached hydrogens (tertiary/aromatic N) is 3. The summed E-state index contributed by atoms with van der Waals surface area (Å²) in [6.07, 6.45) is 5.23. The number of benzene rings is 1. The van der Waals surface area contributed by atoms with E-state index in [1.165, 1.54) is 0 Å². The van der Waals surface area contributed by atoms with Gasteiger partial charge in [-0.2, -0.15) is 0 Å². The largest absolute Gasteiger partial charge is 0.297 e. The molecule has 1 N–H and O–H groups in total. The molecule has 0 fully saturated rings. The molecular formula is C10H8N4. The quantitative estimate of drug-likeness (QED) is 0.662. The average Bonchev–Trinajstić information content (AvgIpc) is 2.29. The molecule has 0 saturated heterocycles. The third-order valence-corrected chi connectivity index (χ3v) is 2.17. The second-order valence-corrected chi connectivity index (χ2v) is 3.03. The lowest BCUT2D eigenvalue weighted by Gasteiger charge is -2.26. The zero-order valence-electron chi connectivity index (χ0n) is 7.38. The van der Waals surface area contributed by atoms with E-state index in [1.807, 2.05) is 24.3 Å². The fourth-order valence-electron chi connectivity index (χ4n) is 1.53. The summed E-state index contributed by atoms with van der Waals surface area (Å²) < 4.78 is 0. The Kier molecular flexibility index (Phi) is 1.41. The second kappa shape index (κ2) is 2.70. The summed E-state index contributed by atoms with van der Waals surface area (Å²) in [6, 6.07) is 7.94. The lowest BCUT2D eigenvalue weighted by Crippen LogP contribution is -2.42. The van der Waals surface area contributed by atoms with Gasteiger partial charge in [0, 0.05) is 18.0 Å². The van der Waals surface area contributed by atoms with Crippen molar-refractivity contribution in [1.29, 1.82) is 0 Å². The molecule has 0 bridgehead atoms. The van der Waals surface area contributed by atoms with Crippen LogP contribution in [0.25, 0.3) is 0 Å². The third kappa shape index (κ3) is 0.939. The molecule has 4 heteroatoms. The van der Waals surface area contributed by atoms with Crippen LogP contribution in [0.2, 0.25) is 0 Å². The van der Waals surface area contributed by atoms with Gasteiger partial charge in [-0.05, 0) is 12.1 Å². The first-order valence-corrected chi connectivity index (χ1v) is 4.37. The van der Waals surface area contributed by atoms with Crippen molar-refractivity contribution in [2.75, 3.05) is 0 Å². The van der Waals surface area contributed by atoms with Gasteiger partial charge in [-0.3, -0.25) is 5.43 Å². The molecule has 0 aromatic heterocycles. The first kappa shape index (κ1) is 7.32. The van der Waals surface area contributed by atoms with Gasteiger partial charge in [0.1, 0.15) is 6.34 Å². The van der Waals surface area contributed by atoms with Crippen LogP contribution in [0.3, 0.4) is 0 Å². The molecule has 0 saturated carbocycles. The van der Waals surface area contributed by atoms with Gasteiger partial charge in [-0.1, -0.05) is 12.1 Å². The lowest BCUT2D eigenvalue weighted by molar-refractivity contribution is 0.531. The Hall–Kier alpha value is -2.10. The molecule has 2 heterocycles. The van der Waals surface area contributed by atoms with Crippen LogP contribution in [-0.2, 0) is 0 Å². The monoisotopic (exact) mass is 184 g/mol. The average molecular weight is 184 g/mol. The maximum atomic E-state index is 4.30. The van der Waals surface area contributed by atoms with Crippen molar-refractivity contribution in [3.8, 4) is 0 Å². The van der Waals surface area contributed by atoms with Crippen LogP contribution in [0.5, 0.6) is 0 Å². The SMILES string of the molecule is C1=CNN2C=Nc3ccccc3C2=N1. The van der Waals surface area contributed by atoms with Crippen LogP contribution in [0, 0.1) is 0 Å². The molecule has 0 amide bonds. The fraction of sp³-hybridized carbons (Fsp3) is 0. The molecule has 4 nitrogen and oxygen atoms in total. The van der Waals surface area contributed by atoms with Crippen molar-refractivity contribution >= 4 is 17.9 Å². The molecule has 0 spiro atoms. The second-order valence-electron chi connectivity index (χ2n) is 3.03. The Morgan fingerprint density at radius 1 is 1.21 bits per heavy atom. The molecule has 2 aliphatic heterocycles. The van der Waals surface area contributed by atoms with E-state index in [4.69, 9.17) is 0 Å². The summed E-state index contributed by atoms with van der Waals surface area (Å²) in [5.74, 6) is 0.887. The van der Waals surface area contributed by atoms with E-state index in [1.54, 1.807) is 23.7 Å². The standard InChI is InChI=1S/C10H8N4/c1-2-4-9-8(3-1)10-11-5-6-13-14(10)7-12-9/h1-7,13H. The summed E-state index contributed by atoms with van der Waals surface area (Å²) >= 11 is 0. The summed E-state index contributed by atoms with van der Waals surface area (Å²) in [6.45, 7) is 0. The third-order valence-electron chi connectivity index (χ3n) is 2.17. The Morgan fingerprint density at radius 3 is 3.14 bits per heavy atom. The fourth-order valence-corrected chi connectivity index (χ4v) is 1.53. The summed E-state index contributed by atoms with van der Waals surface area (Å²) in [5, 5.41) is 1.79. The van der Waals surface area contributed by atoms with Gasteiger partial charge >= 0.3 is 0 Å². The number of hydrogen-bond donors (Lipinski definition) is 1. The number of hydrazine groups is 1. The molecule has 1 aromatic rings. The molecule has 2 aliphatic rings. The highest BCUT2D eigenvalue weighted by Gasteiger charge is 2.19. The number of hydrogen-bond acceptors (Lipinski definition) is 4. The van der Waals surface area contributed by atoms with Crippen molar-refractivity contribution in [3.05, 3.63) is 42.2 Å². The van der Waals surface area contributed by atoms with Gasteiger partial charge in [0.2, 0.25) is 0 Å². The number of amidine groups is 1. The van der Waals surface area contributed by atoms with Crippen molar-refractivity contribution < 1.29 is 0 Å². The van der Waals surface area contributed by atoms with Crippen molar-refractivity contribution in [2.24, 2.45) is 9.98 Å². The smallest absolute Gasteiger partial charge is 0.162 e. The molecule has 14 heavy (non-hydrogen) atoms. The maximum absolute atomic E-state index is 4.30. The minimum atomic E-state index is 0.887. The molecule has 68 valence electrons. The van der Waals surface area contributed by atoms with Crippen LogP contribution < -0.4 is 5.43 Å². The zero-order valence-corrected chi connectivity index (χ0v) is 7.38. The van der Waals surface area contributed by atoms with Gasteiger partial charge in [0.05, 0.1) is 5.69 Å². The van der Waals surface area contributed by atoms with E-state index in [0.29, 0.717) is 0 Å². The highest BCUT2D eigenvalue weighted by molar-refractivity contribution is 6.10. The normalized spacial score (nSPS) is 16.9. The lowest BCUT2D eigenvalue weighted by atomic mass is 10.1. The summed E-state index contributed by atoms with van der Waals surface area (Å²) in [4.78, 5) is 8.60. The zero-order chi connectivity index (χ0) is 9.38. The van der Waals surface area contributed by atoms with Gasteiger partial charge in [-0.15, -0.1) is 0 Å². The van der Waals surface area contributed by atoms with Crippen LogP contribution in [-0.4, -0.2) is 17.2 Å². The molecule has 3 rings (SSSR count). The van der Waals surface area contributed by atoms with Gasteiger partial charge in [0.15, 0.2) is 5.84 Å². The Morgan fingerprint density at radius 2 is 2.14 bits per heavy atom. The number of fused-ring (bicyclic) bond motifs is 3. The van der Waals surface area contributed by atoms with E-state index >= 15 is 0 Å². The summed E-state index contributed by atoms with van der Waals surface area (Å²) in [5.41, 5.74) is 5.04. The topological polar surface area (TPSA) is 40.0 Å². The van der Waals surface area contributed by atoms with Crippen LogP contribution >= 0.6 is 0 Å². The summed E-state index contributed by atoms with van der Waals surface area (Å²) in [7, 11) is 0. The molecule has 0 atom stereocenters. The van der Waals surface area contributed by atoms with E-state index in [-0.39, 0.29) is 0 Å². The van der Waals surface area contributed by atoms with E-state index in [9.17, 15) is 0 Å². The van der Waals surface area contributed by atoms with Crippen molar-refractivity contribution in [2.45, 2.75) is 0 Å². The van der Waals surface area contributed by atoms with Crippen molar-refractivity contribution in [1.82, 2.24) is 10.4 Å². The van der Waals surface area contributed by atoms with Gasteiger partial charge in [-0.25, -0.2) is 15.0 Å². The molecule has 1 aromatic carbocycles. The molecule has 0 radical (unpaired) electrons. The minimum Gasteiger partial charge on any atom is -0.297 e. The van der Waals surface area contributed by atoms with E-state index in [2.05, 4.69) is 15.4 Å². The van der Waals surface area contributed by atoms with E-state index < -0.39 is 0 Å². The number of aliphatic imine (C=N–C) groups is 2. The number of nitrogens with one attached hydrogen (secondary N) is 1. The Bertz CT molecular complexity index is 459. The maximum Gasteiger partial charge on any atom is 0.162 e. The molecule has 0 aliphatic carbocycles. The Balaban J connectivity index is 2.22. The number of para-hydroxylation sites is 1. The van der Waals surface area contributed by atoms with Gasteiger partial charge in [0.25, 0.3) is 0 Å². The first-order valence-electron chi connectivity index (χ1n) is 4.37.